The van der Waals surface area contributed by atoms with Gasteiger partial charge in [-0.05, 0) is 55.3 Å². The summed E-state index contributed by atoms with van der Waals surface area (Å²) >= 11 is 1.87. The molecule has 1 unspecified atom stereocenters. The number of benzene rings is 1. The van der Waals surface area contributed by atoms with Gasteiger partial charge in [-0.25, -0.2) is 4.98 Å². The molecule has 1 aromatic heterocycles. The summed E-state index contributed by atoms with van der Waals surface area (Å²) < 4.78 is 5.93. The summed E-state index contributed by atoms with van der Waals surface area (Å²) in [5.74, 6) is 2.28. The van der Waals surface area contributed by atoms with E-state index in [1.54, 1.807) is 18.3 Å². The van der Waals surface area contributed by atoms with Gasteiger partial charge in [0.05, 0.1) is 0 Å². The lowest BCUT2D eigenvalue weighted by Gasteiger charge is -2.15. The average molecular weight is 328 g/mol. The van der Waals surface area contributed by atoms with E-state index >= 15 is 0 Å². The van der Waals surface area contributed by atoms with Gasteiger partial charge in [-0.15, -0.1) is 0 Å². The number of carbonyl (C=O) groups excluding carboxylic acids is 1. The monoisotopic (exact) mass is 328 g/mol. The molecule has 1 aliphatic rings. The summed E-state index contributed by atoms with van der Waals surface area (Å²) in [5.41, 5.74) is 3.51. The van der Waals surface area contributed by atoms with Crippen LogP contribution in [-0.4, -0.2) is 28.5 Å². The fraction of sp³-hybridized carbons (Fsp3) is 0.333. The van der Waals surface area contributed by atoms with Crippen LogP contribution in [0.2, 0.25) is 0 Å². The maximum Gasteiger partial charge on any atom is 0.261 e. The van der Waals surface area contributed by atoms with E-state index in [-0.39, 0.29) is 12.0 Å². The zero-order chi connectivity index (χ0) is 16.2. The summed E-state index contributed by atoms with van der Waals surface area (Å²) in [5, 5.41) is 2.97. The van der Waals surface area contributed by atoms with E-state index in [9.17, 15) is 4.79 Å². The van der Waals surface area contributed by atoms with Crippen LogP contribution in [0.15, 0.2) is 36.5 Å². The number of pyridine rings is 1. The number of ether oxygens (including phenoxy) is 1. The summed E-state index contributed by atoms with van der Waals surface area (Å²) in [4.78, 5) is 16.9. The van der Waals surface area contributed by atoms with Gasteiger partial charge in [0.1, 0.15) is 11.7 Å². The minimum absolute atomic E-state index is 0.141. The minimum Gasteiger partial charge on any atom is -0.473 e. The first-order valence-electron chi connectivity index (χ1n) is 7.72. The number of amides is 1. The van der Waals surface area contributed by atoms with Crippen LogP contribution in [0.1, 0.15) is 27.9 Å². The number of aromatic nitrogens is 1. The molecule has 5 heteroatoms. The van der Waals surface area contributed by atoms with Crippen molar-refractivity contribution >= 4 is 23.4 Å². The number of anilines is 1. The molecular weight excluding hydrogens is 308 g/mol. The van der Waals surface area contributed by atoms with Crippen molar-refractivity contribution < 1.29 is 9.53 Å². The molecule has 0 radical (unpaired) electrons. The van der Waals surface area contributed by atoms with E-state index < -0.39 is 0 Å². The lowest BCUT2D eigenvalue weighted by atomic mass is 10.1. The third kappa shape index (κ3) is 3.67. The smallest absolute Gasteiger partial charge is 0.261 e. The van der Waals surface area contributed by atoms with E-state index in [1.807, 2.05) is 43.8 Å². The third-order valence-electron chi connectivity index (χ3n) is 4.03. The van der Waals surface area contributed by atoms with Crippen LogP contribution in [0.3, 0.4) is 0 Å². The molecule has 0 bridgehead atoms. The molecule has 1 aromatic carbocycles. The second-order valence-corrected chi connectivity index (χ2v) is 6.81. The molecule has 1 amide bonds. The van der Waals surface area contributed by atoms with E-state index in [1.165, 1.54) is 0 Å². The normalized spacial score (nSPS) is 17.0. The van der Waals surface area contributed by atoms with E-state index in [0.29, 0.717) is 11.4 Å². The van der Waals surface area contributed by atoms with Crippen LogP contribution in [0, 0.1) is 13.8 Å². The first kappa shape index (κ1) is 15.9. The zero-order valence-electron chi connectivity index (χ0n) is 13.3. The second-order valence-electron chi connectivity index (χ2n) is 5.66. The molecule has 1 atom stereocenters. The Balaban J connectivity index is 1.80. The number of nitrogens with one attached hydrogen (secondary N) is 1. The molecule has 0 spiro atoms. The molecule has 4 nitrogen and oxygen atoms in total. The summed E-state index contributed by atoms with van der Waals surface area (Å²) in [6.45, 7) is 4.03. The van der Waals surface area contributed by atoms with Crippen molar-refractivity contribution in [1.29, 1.82) is 0 Å². The number of thioether (sulfide) groups is 1. The molecular formula is C18H20N2O2S. The van der Waals surface area contributed by atoms with Crippen molar-refractivity contribution in [3.8, 4) is 5.88 Å². The number of carbonyl (C=O) groups is 1. The standard InChI is InChI=1S/C18H20N2O2S/c1-12-5-3-7-16(13(12)2)20-17(21)15-6-4-9-19-18(15)22-14-8-10-23-11-14/h3-7,9,14H,8,10-11H2,1-2H3,(H,20,21). The topological polar surface area (TPSA) is 51.2 Å². The summed E-state index contributed by atoms with van der Waals surface area (Å²) in [7, 11) is 0. The molecule has 0 aliphatic carbocycles. The van der Waals surface area contributed by atoms with Crippen LogP contribution in [0.5, 0.6) is 5.88 Å². The highest BCUT2D eigenvalue weighted by Gasteiger charge is 2.21. The molecule has 3 rings (SSSR count). The van der Waals surface area contributed by atoms with Gasteiger partial charge in [-0.2, -0.15) is 11.8 Å². The number of aryl methyl sites for hydroxylation is 1. The van der Waals surface area contributed by atoms with Crippen molar-refractivity contribution in [3.05, 3.63) is 53.2 Å². The largest absolute Gasteiger partial charge is 0.473 e. The molecule has 1 saturated heterocycles. The Labute approximate surface area is 140 Å². The van der Waals surface area contributed by atoms with Crippen LogP contribution in [-0.2, 0) is 0 Å². The minimum atomic E-state index is -0.188. The first-order valence-corrected chi connectivity index (χ1v) is 8.87. The zero-order valence-corrected chi connectivity index (χ0v) is 14.2. The van der Waals surface area contributed by atoms with Gasteiger partial charge in [0.15, 0.2) is 0 Å². The molecule has 1 aliphatic heterocycles. The fourth-order valence-corrected chi connectivity index (χ4v) is 3.59. The molecule has 2 heterocycles. The highest BCUT2D eigenvalue weighted by Crippen LogP contribution is 2.25. The van der Waals surface area contributed by atoms with E-state index in [2.05, 4.69) is 10.3 Å². The lowest BCUT2D eigenvalue weighted by Crippen LogP contribution is -2.20. The van der Waals surface area contributed by atoms with Crippen LogP contribution >= 0.6 is 11.8 Å². The van der Waals surface area contributed by atoms with Gasteiger partial charge in [0, 0.05) is 17.6 Å². The molecule has 23 heavy (non-hydrogen) atoms. The van der Waals surface area contributed by atoms with Gasteiger partial charge in [-0.1, -0.05) is 12.1 Å². The van der Waals surface area contributed by atoms with Crippen molar-refractivity contribution in [2.75, 3.05) is 16.8 Å². The Morgan fingerprint density at radius 3 is 2.96 bits per heavy atom. The average Bonchev–Trinajstić information content (AvgIpc) is 3.05. The summed E-state index contributed by atoms with van der Waals surface area (Å²) in [6, 6.07) is 9.39. The SMILES string of the molecule is Cc1cccc(NC(=O)c2cccnc2OC2CCSC2)c1C. The maximum atomic E-state index is 12.6. The number of rotatable bonds is 4. The molecule has 0 saturated carbocycles. The van der Waals surface area contributed by atoms with Crippen molar-refractivity contribution in [1.82, 2.24) is 4.98 Å². The highest BCUT2D eigenvalue weighted by molar-refractivity contribution is 7.99. The van der Waals surface area contributed by atoms with Gasteiger partial charge < -0.3 is 10.1 Å². The fourth-order valence-electron chi connectivity index (χ4n) is 2.50. The van der Waals surface area contributed by atoms with Crippen molar-refractivity contribution in [3.63, 3.8) is 0 Å². The third-order valence-corrected chi connectivity index (χ3v) is 5.17. The first-order chi connectivity index (χ1) is 11.1. The Morgan fingerprint density at radius 1 is 1.30 bits per heavy atom. The van der Waals surface area contributed by atoms with Crippen molar-refractivity contribution in [2.24, 2.45) is 0 Å². The Morgan fingerprint density at radius 2 is 2.17 bits per heavy atom. The molecule has 2 aromatic rings. The predicted octanol–water partition coefficient (Wildman–Crippen LogP) is 3.84. The Kier molecular flexibility index (Phi) is 4.86. The Bertz CT molecular complexity index is 712. The number of hydrogen-bond acceptors (Lipinski definition) is 4. The molecule has 120 valence electrons. The second kappa shape index (κ2) is 7.04. The van der Waals surface area contributed by atoms with Crippen LogP contribution in [0.25, 0.3) is 0 Å². The van der Waals surface area contributed by atoms with E-state index in [4.69, 9.17) is 4.74 Å². The number of hydrogen-bond donors (Lipinski definition) is 1. The summed E-state index contributed by atoms with van der Waals surface area (Å²) in [6.07, 6.45) is 2.80. The predicted molar refractivity (Wildman–Crippen MR) is 94.5 cm³/mol. The van der Waals surface area contributed by atoms with Gasteiger partial charge in [0.25, 0.3) is 5.91 Å². The quantitative estimate of drug-likeness (QED) is 0.926. The molecule has 1 fully saturated rings. The van der Waals surface area contributed by atoms with Crippen molar-refractivity contribution in [2.45, 2.75) is 26.4 Å². The molecule has 1 N–H and O–H groups in total. The van der Waals surface area contributed by atoms with Gasteiger partial charge in [0.2, 0.25) is 5.88 Å². The lowest BCUT2D eigenvalue weighted by molar-refractivity contribution is 0.101. The number of nitrogens with zero attached hydrogens (tertiary/aromatic N) is 1. The van der Waals surface area contributed by atoms with Crippen LogP contribution < -0.4 is 10.1 Å². The van der Waals surface area contributed by atoms with E-state index in [0.717, 1.165) is 34.7 Å². The maximum absolute atomic E-state index is 12.6. The van der Waals surface area contributed by atoms with Gasteiger partial charge >= 0.3 is 0 Å². The Hall–Kier alpha value is -2.01. The van der Waals surface area contributed by atoms with Crippen LogP contribution in [0.4, 0.5) is 5.69 Å². The highest BCUT2D eigenvalue weighted by atomic mass is 32.2. The van der Waals surface area contributed by atoms with Gasteiger partial charge in [-0.3, -0.25) is 4.79 Å².